The lowest BCUT2D eigenvalue weighted by atomic mass is 10.2. The summed E-state index contributed by atoms with van der Waals surface area (Å²) < 4.78 is 0. The summed E-state index contributed by atoms with van der Waals surface area (Å²) in [5.41, 5.74) is 7.01. The summed E-state index contributed by atoms with van der Waals surface area (Å²) in [7, 11) is 1.61. The second kappa shape index (κ2) is 5.59. The quantitative estimate of drug-likeness (QED) is 0.860. The van der Waals surface area contributed by atoms with Gasteiger partial charge in [-0.05, 0) is 30.3 Å². The molecule has 1 heterocycles. The molecule has 1 aromatic heterocycles. The fourth-order valence-electron chi connectivity index (χ4n) is 1.74. The Kier molecular flexibility index (Phi) is 3.87. The molecule has 0 aliphatic carbocycles. The summed E-state index contributed by atoms with van der Waals surface area (Å²) >= 11 is 5.79. The Labute approximate surface area is 121 Å². The number of nitrogens with zero attached hydrogens (tertiary/aromatic N) is 3. The fourth-order valence-corrected chi connectivity index (χ4v) is 1.95. The van der Waals surface area contributed by atoms with Gasteiger partial charge >= 0.3 is 0 Å². The lowest BCUT2D eigenvalue weighted by Crippen LogP contribution is -2.26. The Morgan fingerprint density at radius 1 is 1.40 bits per heavy atom. The molecule has 6 heteroatoms. The van der Waals surface area contributed by atoms with Gasteiger partial charge in [0, 0.05) is 18.3 Å². The highest BCUT2D eigenvalue weighted by molar-refractivity contribution is 6.30. The van der Waals surface area contributed by atoms with Crippen molar-refractivity contribution in [2.75, 3.05) is 17.7 Å². The fraction of sp³-hybridized carbons (Fsp3) is 0.0714. The van der Waals surface area contributed by atoms with E-state index in [4.69, 9.17) is 22.6 Å². The monoisotopic (exact) mass is 286 g/mol. The standard InChI is InChI=1S/C14H11ClN4O/c1-19(11-4-2-3-9(5-11)8-16)14(20)10-6-12(15)18-13(17)7-10/h2-7H,1H3,(H2,17,18). The SMILES string of the molecule is CN(C(=O)c1cc(N)nc(Cl)c1)c1cccc(C#N)c1. The number of nitrogen functional groups attached to an aromatic ring is 1. The van der Waals surface area contributed by atoms with Crippen molar-refractivity contribution in [1.29, 1.82) is 5.26 Å². The molecule has 20 heavy (non-hydrogen) atoms. The first-order chi connectivity index (χ1) is 9.51. The van der Waals surface area contributed by atoms with Gasteiger partial charge in [-0.2, -0.15) is 5.26 Å². The summed E-state index contributed by atoms with van der Waals surface area (Å²) in [6.07, 6.45) is 0. The molecule has 2 N–H and O–H groups in total. The van der Waals surface area contributed by atoms with Crippen LogP contribution in [0.5, 0.6) is 0 Å². The van der Waals surface area contributed by atoms with Crippen LogP contribution in [0.4, 0.5) is 11.5 Å². The second-order valence-corrected chi connectivity index (χ2v) is 4.52. The summed E-state index contributed by atoms with van der Waals surface area (Å²) in [6, 6.07) is 11.7. The highest BCUT2D eigenvalue weighted by Crippen LogP contribution is 2.19. The Bertz CT molecular complexity index is 688. The zero-order valence-corrected chi connectivity index (χ0v) is 11.4. The molecule has 0 unspecified atom stereocenters. The van der Waals surface area contributed by atoms with Gasteiger partial charge in [0.25, 0.3) is 5.91 Å². The molecule has 100 valence electrons. The number of nitriles is 1. The van der Waals surface area contributed by atoms with E-state index in [-0.39, 0.29) is 16.9 Å². The maximum atomic E-state index is 12.4. The third kappa shape index (κ3) is 2.87. The number of anilines is 2. The third-order valence-corrected chi connectivity index (χ3v) is 2.92. The van der Waals surface area contributed by atoms with E-state index in [0.29, 0.717) is 16.8 Å². The van der Waals surface area contributed by atoms with E-state index in [1.807, 2.05) is 6.07 Å². The van der Waals surface area contributed by atoms with E-state index < -0.39 is 0 Å². The van der Waals surface area contributed by atoms with Gasteiger partial charge in [-0.15, -0.1) is 0 Å². The molecule has 0 fully saturated rings. The minimum absolute atomic E-state index is 0.160. The van der Waals surface area contributed by atoms with Gasteiger partial charge in [-0.25, -0.2) is 4.98 Å². The number of amides is 1. The molecule has 0 aliphatic heterocycles. The highest BCUT2D eigenvalue weighted by atomic mass is 35.5. The normalized spacial score (nSPS) is 9.85. The summed E-state index contributed by atoms with van der Waals surface area (Å²) in [4.78, 5) is 17.6. The molecular formula is C14H11ClN4O. The van der Waals surface area contributed by atoms with Crippen molar-refractivity contribution in [2.45, 2.75) is 0 Å². The molecule has 0 aliphatic rings. The van der Waals surface area contributed by atoms with Crippen LogP contribution >= 0.6 is 11.6 Å². The Morgan fingerprint density at radius 3 is 2.80 bits per heavy atom. The maximum Gasteiger partial charge on any atom is 0.258 e. The van der Waals surface area contributed by atoms with Crippen molar-refractivity contribution in [3.05, 3.63) is 52.7 Å². The van der Waals surface area contributed by atoms with E-state index in [0.717, 1.165) is 0 Å². The minimum atomic E-state index is -0.281. The van der Waals surface area contributed by atoms with Crippen LogP contribution < -0.4 is 10.6 Å². The van der Waals surface area contributed by atoms with Crippen molar-refractivity contribution in [3.63, 3.8) is 0 Å². The Morgan fingerprint density at radius 2 is 2.15 bits per heavy atom. The number of pyridine rings is 1. The predicted molar refractivity (Wildman–Crippen MR) is 77.5 cm³/mol. The van der Waals surface area contributed by atoms with E-state index in [2.05, 4.69) is 4.98 Å². The smallest absolute Gasteiger partial charge is 0.258 e. The van der Waals surface area contributed by atoms with Gasteiger partial charge < -0.3 is 10.6 Å². The third-order valence-electron chi connectivity index (χ3n) is 2.73. The number of hydrogen-bond donors (Lipinski definition) is 1. The van der Waals surface area contributed by atoms with Gasteiger partial charge in [-0.1, -0.05) is 17.7 Å². The van der Waals surface area contributed by atoms with E-state index >= 15 is 0 Å². The molecule has 0 saturated carbocycles. The zero-order valence-electron chi connectivity index (χ0n) is 10.7. The molecule has 5 nitrogen and oxygen atoms in total. The average molecular weight is 287 g/mol. The minimum Gasteiger partial charge on any atom is -0.384 e. The molecule has 0 atom stereocenters. The van der Waals surface area contributed by atoms with Crippen molar-refractivity contribution >= 4 is 29.0 Å². The van der Waals surface area contributed by atoms with Crippen LogP contribution in [0, 0.1) is 11.3 Å². The van der Waals surface area contributed by atoms with Crippen molar-refractivity contribution < 1.29 is 4.79 Å². The number of benzene rings is 1. The van der Waals surface area contributed by atoms with Gasteiger partial charge in [0.05, 0.1) is 11.6 Å². The van der Waals surface area contributed by atoms with Crippen LogP contribution in [0.1, 0.15) is 15.9 Å². The summed E-state index contributed by atoms with van der Waals surface area (Å²) in [5.74, 6) is -0.101. The molecule has 0 saturated heterocycles. The second-order valence-electron chi connectivity index (χ2n) is 4.13. The van der Waals surface area contributed by atoms with Crippen LogP contribution in [-0.4, -0.2) is 17.9 Å². The van der Waals surface area contributed by atoms with Crippen molar-refractivity contribution in [3.8, 4) is 6.07 Å². The first-order valence-corrected chi connectivity index (χ1v) is 6.10. The first kappa shape index (κ1) is 13.8. The molecule has 0 radical (unpaired) electrons. The van der Waals surface area contributed by atoms with Crippen LogP contribution in [0.3, 0.4) is 0 Å². The number of halogens is 1. The van der Waals surface area contributed by atoms with Crippen LogP contribution in [0.2, 0.25) is 5.15 Å². The zero-order chi connectivity index (χ0) is 14.7. The summed E-state index contributed by atoms with van der Waals surface area (Å²) in [6.45, 7) is 0. The molecule has 1 aromatic carbocycles. The lowest BCUT2D eigenvalue weighted by molar-refractivity contribution is 0.0993. The molecule has 2 aromatic rings. The van der Waals surface area contributed by atoms with Crippen LogP contribution in [0.25, 0.3) is 0 Å². The number of carbonyl (C=O) groups excluding carboxylic acids is 1. The van der Waals surface area contributed by atoms with Gasteiger partial charge in [0.1, 0.15) is 11.0 Å². The van der Waals surface area contributed by atoms with E-state index in [1.165, 1.54) is 17.0 Å². The predicted octanol–water partition coefficient (Wildman–Crippen LogP) is 2.47. The number of rotatable bonds is 2. The lowest BCUT2D eigenvalue weighted by Gasteiger charge is -2.17. The Balaban J connectivity index is 2.35. The number of carbonyl (C=O) groups is 1. The van der Waals surface area contributed by atoms with Crippen LogP contribution in [0.15, 0.2) is 36.4 Å². The van der Waals surface area contributed by atoms with E-state index in [9.17, 15) is 4.79 Å². The summed E-state index contributed by atoms with van der Waals surface area (Å²) in [5, 5.41) is 9.04. The number of hydrogen-bond acceptors (Lipinski definition) is 4. The van der Waals surface area contributed by atoms with Crippen LogP contribution in [-0.2, 0) is 0 Å². The van der Waals surface area contributed by atoms with Gasteiger partial charge in [-0.3, -0.25) is 4.79 Å². The number of aromatic nitrogens is 1. The molecule has 2 rings (SSSR count). The van der Waals surface area contributed by atoms with Crippen molar-refractivity contribution in [1.82, 2.24) is 4.98 Å². The topological polar surface area (TPSA) is 83.0 Å². The maximum absolute atomic E-state index is 12.4. The van der Waals surface area contributed by atoms with Gasteiger partial charge in [0.2, 0.25) is 0 Å². The first-order valence-electron chi connectivity index (χ1n) is 5.72. The largest absolute Gasteiger partial charge is 0.384 e. The Hall–Kier alpha value is -2.58. The molecular weight excluding hydrogens is 276 g/mol. The van der Waals surface area contributed by atoms with E-state index in [1.54, 1.807) is 31.3 Å². The number of nitrogens with two attached hydrogens (primary N) is 1. The molecule has 0 spiro atoms. The highest BCUT2D eigenvalue weighted by Gasteiger charge is 2.15. The van der Waals surface area contributed by atoms with Gasteiger partial charge in [0.15, 0.2) is 0 Å². The average Bonchev–Trinajstić information content (AvgIpc) is 2.44. The molecule has 0 bridgehead atoms. The molecule has 1 amide bonds. The van der Waals surface area contributed by atoms with Crippen molar-refractivity contribution in [2.24, 2.45) is 0 Å².